The van der Waals surface area contributed by atoms with Gasteiger partial charge in [0.1, 0.15) is 10.8 Å². The van der Waals surface area contributed by atoms with E-state index < -0.39 is 0 Å². The predicted octanol–water partition coefficient (Wildman–Crippen LogP) is 5.34. The number of hydrogen-bond donors (Lipinski definition) is 1. The van der Waals surface area contributed by atoms with Crippen molar-refractivity contribution in [2.24, 2.45) is 0 Å². The molecule has 166 valence electrons. The zero-order chi connectivity index (χ0) is 22.8. The van der Waals surface area contributed by atoms with Gasteiger partial charge in [-0.25, -0.2) is 4.98 Å². The molecule has 6 nitrogen and oxygen atoms in total. The number of aromatic nitrogens is 3. The summed E-state index contributed by atoms with van der Waals surface area (Å²) in [5.74, 6) is 3.40. The number of fused-ring (bicyclic) bond motifs is 2. The molecule has 2 aromatic carbocycles. The number of benzene rings is 2. The maximum Gasteiger partial charge on any atom is 0.227 e. The minimum Gasteiger partial charge on any atom is -0.497 e. The van der Waals surface area contributed by atoms with E-state index in [0.29, 0.717) is 23.9 Å². The number of aliphatic hydroxyl groups is 1. The van der Waals surface area contributed by atoms with Crippen LogP contribution < -0.4 is 9.47 Å². The highest BCUT2D eigenvalue weighted by Crippen LogP contribution is 2.43. The van der Waals surface area contributed by atoms with Gasteiger partial charge in [-0.15, -0.1) is 11.8 Å². The number of thioether (sulfide) groups is 1. The monoisotopic (exact) mass is 457 g/mol. The minimum absolute atomic E-state index is 0.0937. The Hall–Kier alpha value is -3.42. The maximum absolute atomic E-state index is 9.85. The lowest BCUT2D eigenvalue weighted by Gasteiger charge is -2.24. The molecule has 2 aromatic heterocycles. The summed E-state index contributed by atoms with van der Waals surface area (Å²) in [6.07, 6.45) is 2.30. The standard InChI is InChI=1S/C26H23N3O3S/c1-16-23-21(19(14-30)13-27-16)12-22-25(32-23)28-24(18-8-4-3-5-9-18)29-26(22)33-15-17-7-6-10-20(11-17)31-2/h3-11,13,30H,12,14-15H2,1-2H3. The molecule has 1 aliphatic heterocycles. The highest BCUT2D eigenvalue weighted by molar-refractivity contribution is 7.98. The third-order valence-electron chi connectivity index (χ3n) is 5.60. The summed E-state index contributed by atoms with van der Waals surface area (Å²) >= 11 is 1.64. The summed E-state index contributed by atoms with van der Waals surface area (Å²) in [5, 5.41) is 10.7. The Morgan fingerprint density at radius 3 is 2.70 bits per heavy atom. The normalized spacial score (nSPS) is 12.0. The molecule has 0 amide bonds. The molecule has 0 atom stereocenters. The van der Waals surface area contributed by atoms with Gasteiger partial charge < -0.3 is 14.6 Å². The highest BCUT2D eigenvalue weighted by Gasteiger charge is 2.27. The Morgan fingerprint density at radius 1 is 1.06 bits per heavy atom. The largest absolute Gasteiger partial charge is 0.497 e. The van der Waals surface area contributed by atoms with Gasteiger partial charge in [-0.05, 0) is 24.6 Å². The average molecular weight is 458 g/mol. The summed E-state index contributed by atoms with van der Waals surface area (Å²) in [4.78, 5) is 14.1. The Labute approximate surface area is 196 Å². The fraction of sp³-hybridized carbons (Fsp3) is 0.192. The first-order chi connectivity index (χ1) is 16.2. The molecule has 0 aliphatic carbocycles. The number of ether oxygens (including phenoxy) is 2. The molecule has 7 heteroatoms. The van der Waals surface area contributed by atoms with Gasteiger partial charge in [0.05, 0.1) is 25.0 Å². The number of aryl methyl sites for hydroxylation is 1. The van der Waals surface area contributed by atoms with Crippen LogP contribution in [0.3, 0.4) is 0 Å². The van der Waals surface area contributed by atoms with Crippen LogP contribution in [0.1, 0.15) is 27.9 Å². The van der Waals surface area contributed by atoms with Crippen molar-refractivity contribution in [2.45, 2.75) is 30.7 Å². The molecule has 0 radical (unpaired) electrons. The van der Waals surface area contributed by atoms with Crippen molar-refractivity contribution in [2.75, 3.05) is 7.11 Å². The van der Waals surface area contributed by atoms with E-state index in [9.17, 15) is 5.11 Å². The Bertz CT molecular complexity index is 1310. The molecular weight excluding hydrogens is 434 g/mol. The van der Waals surface area contributed by atoms with Gasteiger partial charge >= 0.3 is 0 Å². The van der Waals surface area contributed by atoms with E-state index in [4.69, 9.17) is 19.4 Å². The zero-order valence-corrected chi connectivity index (χ0v) is 19.2. The van der Waals surface area contributed by atoms with Crippen LogP contribution in [-0.4, -0.2) is 27.2 Å². The molecule has 5 rings (SSSR count). The quantitative estimate of drug-likeness (QED) is 0.272. The second kappa shape index (κ2) is 9.21. The molecule has 0 fully saturated rings. The molecule has 0 saturated heterocycles. The van der Waals surface area contributed by atoms with E-state index in [1.54, 1.807) is 25.1 Å². The van der Waals surface area contributed by atoms with Crippen LogP contribution in [0.15, 0.2) is 65.8 Å². The molecule has 33 heavy (non-hydrogen) atoms. The van der Waals surface area contributed by atoms with E-state index in [1.807, 2.05) is 55.5 Å². The van der Waals surface area contributed by atoms with Gasteiger partial charge in [0.15, 0.2) is 11.6 Å². The Kier molecular flexibility index (Phi) is 5.98. The van der Waals surface area contributed by atoms with Crippen molar-refractivity contribution < 1.29 is 14.6 Å². The highest BCUT2D eigenvalue weighted by atomic mass is 32.2. The molecule has 0 bridgehead atoms. The first-order valence-corrected chi connectivity index (χ1v) is 11.6. The second-order valence-corrected chi connectivity index (χ2v) is 8.72. The van der Waals surface area contributed by atoms with Gasteiger partial charge in [-0.2, -0.15) is 4.98 Å². The van der Waals surface area contributed by atoms with Crippen LogP contribution in [0.25, 0.3) is 11.4 Å². The van der Waals surface area contributed by atoms with Crippen LogP contribution >= 0.6 is 11.8 Å². The molecule has 4 aromatic rings. The van der Waals surface area contributed by atoms with Crippen molar-refractivity contribution in [1.29, 1.82) is 0 Å². The van der Waals surface area contributed by atoms with Crippen LogP contribution in [0, 0.1) is 6.92 Å². The third-order valence-corrected chi connectivity index (χ3v) is 6.69. The van der Waals surface area contributed by atoms with Gasteiger partial charge in [0.2, 0.25) is 5.88 Å². The fourth-order valence-electron chi connectivity index (χ4n) is 3.84. The van der Waals surface area contributed by atoms with Crippen LogP contribution in [0.2, 0.25) is 0 Å². The summed E-state index contributed by atoms with van der Waals surface area (Å²) in [5.41, 5.74) is 5.47. The van der Waals surface area contributed by atoms with Crippen LogP contribution in [0.5, 0.6) is 17.4 Å². The summed E-state index contributed by atoms with van der Waals surface area (Å²) in [6, 6.07) is 17.9. The number of pyridine rings is 1. The smallest absolute Gasteiger partial charge is 0.227 e. The minimum atomic E-state index is -0.0937. The van der Waals surface area contributed by atoms with Gasteiger partial charge in [-0.3, -0.25) is 4.98 Å². The van der Waals surface area contributed by atoms with E-state index in [2.05, 4.69) is 11.1 Å². The molecule has 0 spiro atoms. The first-order valence-electron chi connectivity index (χ1n) is 10.6. The number of aliphatic hydroxyl groups excluding tert-OH is 1. The van der Waals surface area contributed by atoms with Gasteiger partial charge in [0, 0.05) is 35.1 Å². The maximum atomic E-state index is 9.85. The average Bonchev–Trinajstić information content (AvgIpc) is 2.87. The first kappa shape index (κ1) is 21.4. The topological polar surface area (TPSA) is 77.4 Å². The van der Waals surface area contributed by atoms with Crippen molar-refractivity contribution in [3.63, 3.8) is 0 Å². The lowest BCUT2D eigenvalue weighted by Crippen LogP contribution is -2.13. The number of nitrogens with zero attached hydrogens (tertiary/aromatic N) is 3. The Balaban J connectivity index is 1.57. The van der Waals surface area contributed by atoms with Crippen molar-refractivity contribution in [3.8, 4) is 28.8 Å². The van der Waals surface area contributed by atoms with Crippen molar-refractivity contribution in [3.05, 3.63) is 88.7 Å². The number of hydrogen-bond acceptors (Lipinski definition) is 7. The fourth-order valence-corrected chi connectivity index (χ4v) is 4.81. The number of rotatable bonds is 6. The Morgan fingerprint density at radius 2 is 1.91 bits per heavy atom. The molecule has 3 heterocycles. The van der Waals surface area contributed by atoms with Gasteiger partial charge in [0.25, 0.3) is 0 Å². The van der Waals surface area contributed by atoms with Crippen LogP contribution in [-0.2, 0) is 18.8 Å². The van der Waals surface area contributed by atoms with E-state index in [0.717, 1.165) is 50.0 Å². The summed E-state index contributed by atoms with van der Waals surface area (Å²) in [6.45, 7) is 1.81. The third kappa shape index (κ3) is 4.29. The lowest BCUT2D eigenvalue weighted by atomic mass is 9.99. The molecule has 0 saturated carbocycles. The predicted molar refractivity (Wildman–Crippen MR) is 128 cm³/mol. The summed E-state index contributed by atoms with van der Waals surface area (Å²) in [7, 11) is 1.67. The second-order valence-electron chi connectivity index (χ2n) is 7.76. The van der Waals surface area contributed by atoms with Gasteiger partial charge in [-0.1, -0.05) is 42.5 Å². The zero-order valence-electron chi connectivity index (χ0n) is 18.4. The molecule has 0 unspecified atom stereocenters. The lowest BCUT2D eigenvalue weighted by molar-refractivity contribution is 0.278. The number of methoxy groups -OCH3 is 1. The van der Waals surface area contributed by atoms with E-state index in [-0.39, 0.29) is 6.61 Å². The van der Waals surface area contributed by atoms with E-state index >= 15 is 0 Å². The summed E-state index contributed by atoms with van der Waals surface area (Å²) < 4.78 is 11.6. The molecular formula is C26H23N3O3S. The SMILES string of the molecule is COc1cccc(CSc2nc(-c3ccccc3)nc3c2Cc2c(CO)cnc(C)c2O3)c1. The van der Waals surface area contributed by atoms with Crippen LogP contribution in [0.4, 0.5) is 0 Å². The van der Waals surface area contributed by atoms with E-state index in [1.165, 1.54) is 0 Å². The molecule has 1 aliphatic rings. The molecule has 1 N–H and O–H groups in total. The van der Waals surface area contributed by atoms with Crippen molar-refractivity contribution in [1.82, 2.24) is 15.0 Å². The van der Waals surface area contributed by atoms with Crippen molar-refractivity contribution >= 4 is 11.8 Å².